The number of benzene rings is 1. The van der Waals surface area contributed by atoms with Gasteiger partial charge in [-0.05, 0) is 17.5 Å². The van der Waals surface area contributed by atoms with E-state index in [1.165, 1.54) is 0 Å². The predicted octanol–water partition coefficient (Wildman–Crippen LogP) is -0.0635. The first kappa shape index (κ1) is 13.1. The molecule has 4 N–H and O–H groups in total. The quantitative estimate of drug-likeness (QED) is 0.631. The lowest BCUT2D eigenvalue weighted by Gasteiger charge is -2.08. The minimum atomic E-state index is -3.98. The second-order valence-corrected chi connectivity index (χ2v) is 5.14. The van der Waals surface area contributed by atoms with Crippen molar-refractivity contribution in [3.63, 3.8) is 0 Å². The molecule has 0 heterocycles. The van der Waals surface area contributed by atoms with E-state index in [0.29, 0.717) is 12.0 Å². The predicted molar refractivity (Wildman–Crippen MR) is 60.5 cm³/mol. The van der Waals surface area contributed by atoms with Crippen molar-refractivity contribution in [3.05, 3.63) is 35.4 Å². The fraction of sp³-hybridized carbons (Fsp3) is 0.400. The van der Waals surface area contributed by atoms with Gasteiger partial charge in [-0.1, -0.05) is 24.3 Å². The summed E-state index contributed by atoms with van der Waals surface area (Å²) >= 11 is 0. The van der Waals surface area contributed by atoms with E-state index in [0.717, 1.165) is 5.56 Å². The van der Waals surface area contributed by atoms with Crippen molar-refractivity contribution in [2.24, 2.45) is 5.73 Å². The highest BCUT2D eigenvalue weighted by Gasteiger charge is 2.07. The maximum absolute atomic E-state index is 10.6. The molecule has 1 aromatic rings. The second-order valence-electron chi connectivity index (χ2n) is 3.69. The number of rotatable bonds is 5. The first-order valence-corrected chi connectivity index (χ1v) is 6.41. The van der Waals surface area contributed by atoms with Gasteiger partial charge >= 0.3 is 0 Å². The minimum absolute atomic E-state index is 0.0905. The Hall–Kier alpha value is -0.950. The third kappa shape index (κ3) is 4.71. The lowest BCUT2D eigenvalue weighted by atomic mass is 10.1. The smallest absolute Gasteiger partial charge is 0.269 e. The van der Waals surface area contributed by atoms with E-state index in [1.807, 2.05) is 0 Å². The molecule has 16 heavy (non-hydrogen) atoms. The Morgan fingerprint density at radius 1 is 1.19 bits per heavy atom. The van der Waals surface area contributed by atoms with Crippen molar-refractivity contribution in [2.45, 2.75) is 18.2 Å². The molecule has 0 aliphatic rings. The summed E-state index contributed by atoms with van der Waals surface area (Å²) in [7, 11) is -3.98. The summed E-state index contributed by atoms with van der Waals surface area (Å²) in [5, 5.41) is 8.77. The fourth-order valence-corrected chi connectivity index (χ4v) is 1.96. The molecule has 0 saturated heterocycles. The zero-order valence-electron chi connectivity index (χ0n) is 8.70. The lowest BCUT2D eigenvalue weighted by molar-refractivity contribution is 0.265. The summed E-state index contributed by atoms with van der Waals surface area (Å²) in [5.74, 6) is -0.390. The number of hydrogen-bond donors (Lipinski definition) is 3. The normalized spacial score (nSPS) is 13.7. The van der Waals surface area contributed by atoms with Crippen molar-refractivity contribution < 1.29 is 18.1 Å². The van der Waals surface area contributed by atoms with Crippen molar-refractivity contribution in [1.29, 1.82) is 0 Å². The van der Waals surface area contributed by atoms with Crippen LogP contribution in [-0.2, 0) is 22.3 Å². The van der Waals surface area contributed by atoms with Gasteiger partial charge in [0.15, 0.2) is 0 Å². The molecule has 1 atom stereocenters. The van der Waals surface area contributed by atoms with E-state index in [1.54, 1.807) is 24.3 Å². The van der Waals surface area contributed by atoms with Crippen LogP contribution >= 0.6 is 0 Å². The van der Waals surface area contributed by atoms with Gasteiger partial charge in [0.05, 0.1) is 6.61 Å². The van der Waals surface area contributed by atoms with Crippen LogP contribution < -0.4 is 5.73 Å². The van der Waals surface area contributed by atoms with Gasteiger partial charge in [-0.2, -0.15) is 8.42 Å². The highest BCUT2D eigenvalue weighted by atomic mass is 32.2. The molecule has 0 radical (unpaired) electrons. The Balaban J connectivity index is 2.68. The highest BCUT2D eigenvalue weighted by molar-refractivity contribution is 7.85. The Bertz CT molecular complexity index is 427. The molecule has 90 valence electrons. The van der Waals surface area contributed by atoms with Crippen LogP contribution in [0.3, 0.4) is 0 Å². The SMILES string of the molecule is NC(CO)Cc1ccc(CS(=O)(=O)O)cc1. The largest absolute Gasteiger partial charge is 0.395 e. The van der Waals surface area contributed by atoms with Gasteiger partial charge in [0.25, 0.3) is 10.1 Å². The van der Waals surface area contributed by atoms with E-state index in [9.17, 15) is 8.42 Å². The van der Waals surface area contributed by atoms with Crippen LogP contribution in [0, 0.1) is 0 Å². The second kappa shape index (κ2) is 5.40. The van der Waals surface area contributed by atoms with Crippen molar-refractivity contribution >= 4 is 10.1 Å². The molecule has 0 aliphatic heterocycles. The van der Waals surface area contributed by atoms with Crippen LogP contribution in [0.15, 0.2) is 24.3 Å². The van der Waals surface area contributed by atoms with E-state index in [4.69, 9.17) is 15.4 Å². The number of aliphatic hydroxyl groups excluding tert-OH is 1. The van der Waals surface area contributed by atoms with Crippen molar-refractivity contribution in [3.8, 4) is 0 Å². The fourth-order valence-electron chi connectivity index (χ4n) is 1.35. The molecule has 0 spiro atoms. The average molecular weight is 245 g/mol. The molecule has 0 saturated carbocycles. The average Bonchev–Trinajstić information content (AvgIpc) is 2.18. The lowest BCUT2D eigenvalue weighted by Crippen LogP contribution is -2.26. The Morgan fingerprint density at radius 2 is 1.69 bits per heavy atom. The van der Waals surface area contributed by atoms with Crippen LogP contribution in [0.5, 0.6) is 0 Å². The molecule has 0 fully saturated rings. The maximum Gasteiger partial charge on any atom is 0.269 e. The molecular weight excluding hydrogens is 230 g/mol. The summed E-state index contributed by atoms with van der Waals surface area (Å²) in [4.78, 5) is 0. The first-order chi connectivity index (χ1) is 7.40. The van der Waals surface area contributed by atoms with E-state index in [2.05, 4.69) is 0 Å². The molecule has 5 nitrogen and oxygen atoms in total. The van der Waals surface area contributed by atoms with Crippen molar-refractivity contribution in [1.82, 2.24) is 0 Å². The van der Waals surface area contributed by atoms with Gasteiger partial charge in [0, 0.05) is 6.04 Å². The third-order valence-electron chi connectivity index (χ3n) is 2.10. The Morgan fingerprint density at radius 3 is 2.12 bits per heavy atom. The topological polar surface area (TPSA) is 101 Å². The van der Waals surface area contributed by atoms with Gasteiger partial charge in [0.1, 0.15) is 5.75 Å². The van der Waals surface area contributed by atoms with Crippen molar-refractivity contribution in [2.75, 3.05) is 6.61 Å². The third-order valence-corrected chi connectivity index (χ3v) is 2.80. The van der Waals surface area contributed by atoms with Crippen LogP contribution in [0.2, 0.25) is 0 Å². The summed E-state index contributed by atoms with van der Waals surface area (Å²) in [6.45, 7) is -0.0905. The summed E-state index contributed by atoms with van der Waals surface area (Å²) in [5.41, 5.74) is 6.99. The van der Waals surface area contributed by atoms with Crippen LogP contribution in [0.1, 0.15) is 11.1 Å². The summed E-state index contributed by atoms with van der Waals surface area (Å²) in [6, 6.07) is 6.39. The molecule has 6 heteroatoms. The van der Waals surface area contributed by atoms with Gasteiger partial charge in [0.2, 0.25) is 0 Å². The van der Waals surface area contributed by atoms with Gasteiger partial charge in [-0.25, -0.2) is 0 Å². The molecular formula is C10H15NO4S. The molecule has 0 bridgehead atoms. The van der Waals surface area contributed by atoms with Crippen LogP contribution in [0.4, 0.5) is 0 Å². The number of nitrogens with two attached hydrogens (primary N) is 1. The summed E-state index contributed by atoms with van der Waals surface area (Å²) < 4.78 is 29.9. The molecule has 1 unspecified atom stereocenters. The van der Waals surface area contributed by atoms with Gasteiger partial charge in [-0.15, -0.1) is 0 Å². The molecule has 0 amide bonds. The molecule has 0 aliphatic carbocycles. The Labute approximate surface area is 94.7 Å². The van der Waals surface area contributed by atoms with E-state index >= 15 is 0 Å². The van der Waals surface area contributed by atoms with E-state index in [-0.39, 0.29) is 18.4 Å². The first-order valence-electron chi connectivity index (χ1n) is 4.80. The maximum atomic E-state index is 10.6. The zero-order chi connectivity index (χ0) is 12.2. The standard InChI is InChI=1S/C10H15NO4S/c11-10(6-12)5-8-1-3-9(4-2-8)7-16(13,14)15/h1-4,10,12H,5-7,11H2,(H,13,14,15). The zero-order valence-corrected chi connectivity index (χ0v) is 9.52. The number of aliphatic hydroxyl groups is 1. The van der Waals surface area contributed by atoms with Gasteiger partial charge < -0.3 is 10.8 Å². The Kier molecular flexibility index (Phi) is 4.43. The molecule has 0 aromatic heterocycles. The van der Waals surface area contributed by atoms with Crippen LogP contribution in [0.25, 0.3) is 0 Å². The summed E-state index contributed by atoms with van der Waals surface area (Å²) in [6.07, 6.45) is 0.530. The molecule has 1 aromatic carbocycles. The van der Waals surface area contributed by atoms with Gasteiger partial charge in [-0.3, -0.25) is 4.55 Å². The number of hydrogen-bond acceptors (Lipinski definition) is 4. The monoisotopic (exact) mass is 245 g/mol. The van der Waals surface area contributed by atoms with Crippen LogP contribution in [-0.4, -0.2) is 30.7 Å². The molecule has 1 rings (SSSR count). The minimum Gasteiger partial charge on any atom is -0.395 e. The van der Waals surface area contributed by atoms with E-state index < -0.39 is 10.1 Å². The highest BCUT2D eigenvalue weighted by Crippen LogP contribution is 2.09.